The van der Waals surface area contributed by atoms with Gasteiger partial charge in [0.25, 0.3) is 0 Å². The van der Waals surface area contributed by atoms with Crippen LogP contribution < -0.4 is 0 Å². The Labute approximate surface area is 83.7 Å². The molecule has 0 saturated heterocycles. The van der Waals surface area contributed by atoms with Crippen LogP contribution in [-0.2, 0) is 4.74 Å². The average molecular weight is 246 g/mol. The van der Waals surface area contributed by atoms with Crippen molar-refractivity contribution < 1.29 is 14.6 Å². The van der Waals surface area contributed by atoms with Crippen LogP contribution in [0, 0.1) is 0 Å². The maximum absolute atomic E-state index is 11.2. The van der Waals surface area contributed by atoms with Crippen LogP contribution in [0.1, 0.15) is 17.4 Å². The Kier molecular flexibility index (Phi) is 3.25. The number of carbonyl (C=O) groups is 1. The molecule has 0 atom stereocenters. The van der Waals surface area contributed by atoms with E-state index in [4.69, 9.17) is 0 Å². The molecule has 0 fully saturated rings. The monoisotopic (exact) mass is 245 g/mol. The fourth-order valence-corrected chi connectivity index (χ4v) is 1.09. The number of nitrogens with zero attached hydrogens (tertiary/aromatic N) is 1. The Hall–Kier alpha value is -1.10. The fourth-order valence-electron chi connectivity index (χ4n) is 0.778. The van der Waals surface area contributed by atoms with Gasteiger partial charge in [0.05, 0.1) is 6.61 Å². The summed E-state index contributed by atoms with van der Waals surface area (Å²) in [7, 11) is 0. The molecule has 1 heterocycles. The summed E-state index contributed by atoms with van der Waals surface area (Å²) < 4.78 is 5.16. The number of hydrogen-bond donors (Lipinski definition) is 1. The van der Waals surface area contributed by atoms with Gasteiger partial charge < -0.3 is 9.84 Å². The second kappa shape index (κ2) is 4.23. The molecule has 0 unspecified atom stereocenters. The molecule has 0 amide bonds. The Morgan fingerprint density at radius 1 is 1.69 bits per heavy atom. The van der Waals surface area contributed by atoms with Crippen LogP contribution >= 0.6 is 15.9 Å². The second-order valence-electron chi connectivity index (χ2n) is 2.22. The molecule has 1 rings (SSSR count). The van der Waals surface area contributed by atoms with E-state index >= 15 is 0 Å². The van der Waals surface area contributed by atoms with E-state index in [2.05, 4.69) is 25.7 Å². The first-order valence-electron chi connectivity index (χ1n) is 3.67. The number of halogens is 1. The maximum atomic E-state index is 11.2. The number of esters is 1. The SMILES string of the molecule is CCOC(=O)c1nc(Br)ccc1O. The molecule has 1 N–H and O–H groups in total. The molecule has 0 aliphatic heterocycles. The lowest BCUT2D eigenvalue weighted by Crippen LogP contribution is -2.07. The van der Waals surface area contributed by atoms with Crippen LogP contribution in [0.2, 0.25) is 0 Å². The first-order valence-corrected chi connectivity index (χ1v) is 4.47. The number of pyridine rings is 1. The van der Waals surface area contributed by atoms with Crippen molar-refractivity contribution in [3.63, 3.8) is 0 Å². The Morgan fingerprint density at radius 2 is 2.38 bits per heavy atom. The Bertz CT molecular complexity index is 327. The molecule has 13 heavy (non-hydrogen) atoms. The number of carbonyl (C=O) groups excluding carboxylic acids is 1. The largest absolute Gasteiger partial charge is 0.505 e. The van der Waals surface area contributed by atoms with Gasteiger partial charge >= 0.3 is 5.97 Å². The smallest absolute Gasteiger partial charge is 0.360 e. The normalized spacial score (nSPS) is 9.69. The summed E-state index contributed by atoms with van der Waals surface area (Å²) in [5.74, 6) is -0.803. The Morgan fingerprint density at radius 3 is 3.00 bits per heavy atom. The van der Waals surface area contributed by atoms with Crippen molar-refractivity contribution in [1.29, 1.82) is 0 Å². The van der Waals surface area contributed by atoms with E-state index in [-0.39, 0.29) is 18.1 Å². The van der Waals surface area contributed by atoms with Gasteiger partial charge in [0.1, 0.15) is 10.4 Å². The summed E-state index contributed by atoms with van der Waals surface area (Å²) in [5, 5.41) is 9.25. The number of aromatic nitrogens is 1. The van der Waals surface area contributed by atoms with Crippen LogP contribution in [0.15, 0.2) is 16.7 Å². The summed E-state index contributed by atoms with van der Waals surface area (Å²) in [6.07, 6.45) is 0. The van der Waals surface area contributed by atoms with E-state index in [0.29, 0.717) is 4.60 Å². The zero-order chi connectivity index (χ0) is 9.84. The predicted molar refractivity (Wildman–Crippen MR) is 49.6 cm³/mol. The zero-order valence-electron chi connectivity index (χ0n) is 6.95. The van der Waals surface area contributed by atoms with Crippen molar-refractivity contribution in [3.8, 4) is 5.75 Å². The van der Waals surface area contributed by atoms with E-state index in [9.17, 15) is 9.90 Å². The summed E-state index contributed by atoms with van der Waals surface area (Å²) in [4.78, 5) is 14.9. The lowest BCUT2D eigenvalue weighted by Gasteiger charge is -2.02. The average Bonchev–Trinajstić information content (AvgIpc) is 2.09. The summed E-state index contributed by atoms with van der Waals surface area (Å²) >= 11 is 3.09. The molecule has 0 aromatic carbocycles. The first kappa shape index (κ1) is 9.98. The topological polar surface area (TPSA) is 59.4 Å². The van der Waals surface area contributed by atoms with Crippen molar-refractivity contribution in [2.75, 3.05) is 6.61 Å². The lowest BCUT2D eigenvalue weighted by molar-refractivity contribution is 0.0515. The molecule has 0 spiro atoms. The molecule has 0 bridgehead atoms. The van der Waals surface area contributed by atoms with Crippen LogP contribution in [0.5, 0.6) is 5.75 Å². The number of hydrogen-bond acceptors (Lipinski definition) is 4. The first-order chi connectivity index (χ1) is 6.15. The third kappa shape index (κ3) is 2.42. The quantitative estimate of drug-likeness (QED) is 0.637. The fraction of sp³-hybridized carbons (Fsp3) is 0.250. The molecular weight excluding hydrogens is 238 g/mol. The van der Waals surface area contributed by atoms with Crippen LogP contribution in [0.25, 0.3) is 0 Å². The van der Waals surface area contributed by atoms with Gasteiger partial charge in [-0.1, -0.05) is 0 Å². The van der Waals surface area contributed by atoms with Gasteiger partial charge in [-0.15, -0.1) is 0 Å². The molecule has 1 aromatic heterocycles. The maximum Gasteiger partial charge on any atom is 0.360 e. The Balaban J connectivity index is 2.99. The molecule has 70 valence electrons. The highest BCUT2D eigenvalue weighted by atomic mass is 79.9. The van der Waals surface area contributed by atoms with E-state index < -0.39 is 5.97 Å². The number of aromatic hydroxyl groups is 1. The minimum atomic E-state index is -0.624. The second-order valence-corrected chi connectivity index (χ2v) is 3.03. The van der Waals surface area contributed by atoms with E-state index in [0.717, 1.165) is 0 Å². The van der Waals surface area contributed by atoms with Crippen molar-refractivity contribution in [3.05, 3.63) is 22.4 Å². The standard InChI is InChI=1S/C8H8BrNO3/c1-2-13-8(12)7-5(11)3-4-6(9)10-7/h3-4,11H,2H2,1H3. The van der Waals surface area contributed by atoms with Crippen LogP contribution in [0.3, 0.4) is 0 Å². The highest BCUT2D eigenvalue weighted by molar-refractivity contribution is 9.10. The molecule has 0 aliphatic rings. The number of rotatable bonds is 2. The van der Waals surface area contributed by atoms with E-state index in [1.54, 1.807) is 6.92 Å². The van der Waals surface area contributed by atoms with Crippen molar-refractivity contribution in [1.82, 2.24) is 4.98 Å². The van der Waals surface area contributed by atoms with E-state index in [1.165, 1.54) is 12.1 Å². The molecule has 4 nitrogen and oxygen atoms in total. The highest BCUT2D eigenvalue weighted by Gasteiger charge is 2.13. The molecule has 5 heteroatoms. The molecule has 1 aromatic rings. The molecule has 0 aliphatic carbocycles. The highest BCUT2D eigenvalue weighted by Crippen LogP contribution is 2.18. The molecule has 0 radical (unpaired) electrons. The summed E-state index contributed by atoms with van der Waals surface area (Å²) in [6.45, 7) is 1.94. The van der Waals surface area contributed by atoms with Crippen LogP contribution in [0.4, 0.5) is 0 Å². The van der Waals surface area contributed by atoms with Gasteiger partial charge in [-0.3, -0.25) is 0 Å². The predicted octanol–water partition coefficient (Wildman–Crippen LogP) is 1.73. The molecular formula is C8H8BrNO3. The van der Waals surface area contributed by atoms with Gasteiger partial charge in [0.15, 0.2) is 5.69 Å². The molecule has 0 saturated carbocycles. The van der Waals surface area contributed by atoms with Crippen molar-refractivity contribution in [2.24, 2.45) is 0 Å². The van der Waals surface area contributed by atoms with Gasteiger partial charge in [-0.05, 0) is 35.0 Å². The van der Waals surface area contributed by atoms with E-state index in [1.807, 2.05) is 0 Å². The van der Waals surface area contributed by atoms with Gasteiger partial charge in [-0.25, -0.2) is 9.78 Å². The van der Waals surface area contributed by atoms with Gasteiger partial charge in [0.2, 0.25) is 0 Å². The van der Waals surface area contributed by atoms with Crippen LogP contribution in [-0.4, -0.2) is 22.7 Å². The minimum Gasteiger partial charge on any atom is -0.505 e. The number of ether oxygens (including phenoxy) is 1. The van der Waals surface area contributed by atoms with Gasteiger partial charge in [-0.2, -0.15) is 0 Å². The van der Waals surface area contributed by atoms with Crippen molar-refractivity contribution >= 4 is 21.9 Å². The van der Waals surface area contributed by atoms with Gasteiger partial charge in [0, 0.05) is 0 Å². The third-order valence-corrected chi connectivity index (χ3v) is 1.75. The minimum absolute atomic E-state index is 0.0729. The summed E-state index contributed by atoms with van der Waals surface area (Å²) in [6, 6.07) is 2.92. The summed E-state index contributed by atoms with van der Waals surface area (Å²) in [5.41, 5.74) is -0.0729. The third-order valence-electron chi connectivity index (χ3n) is 1.31. The zero-order valence-corrected chi connectivity index (χ0v) is 8.54. The lowest BCUT2D eigenvalue weighted by atomic mass is 10.3. The van der Waals surface area contributed by atoms with Crippen molar-refractivity contribution in [2.45, 2.75) is 6.92 Å².